The van der Waals surface area contributed by atoms with E-state index in [-0.39, 0.29) is 29.7 Å². The molecule has 0 heterocycles. The summed E-state index contributed by atoms with van der Waals surface area (Å²) in [5.74, 6) is 0.242. The number of rotatable bonds is 8. The zero-order valence-corrected chi connectivity index (χ0v) is 16.0. The summed E-state index contributed by atoms with van der Waals surface area (Å²) in [6.45, 7) is -0.525. The monoisotopic (exact) mass is 412 g/mol. The zero-order chi connectivity index (χ0) is 20.5. The Balaban J connectivity index is 1.48. The van der Waals surface area contributed by atoms with Crippen LogP contribution in [-0.4, -0.2) is 25.2 Å². The fraction of sp³-hybridized carbons (Fsp3) is 0.0909. The van der Waals surface area contributed by atoms with Crippen molar-refractivity contribution in [3.05, 3.63) is 83.9 Å². The van der Waals surface area contributed by atoms with Crippen molar-refractivity contribution in [1.82, 2.24) is 0 Å². The molecule has 0 fully saturated rings. The number of benzene rings is 3. The minimum atomic E-state index is -0.614. The van der Waals surface area contributed by atoms with Crippen molar-refractivity contribution in [2.75, 3.05) is 13.2 Å². The van der Waals surface area contributed by atoms with E-state index in [2.05, 4.69) is 0 Å². The number of esters is 2. The Morgan fingerprint density at radius 2 is 1.17 bits per heavy atom. The van der Waals surface area contributed by atoms with Crippen molar-refractivity contribution in [1.29, 1.82) is 0 Å². The number of halogens is 1. The molecule has 0 N–H and O–H groups in total. The summed E-state index contributed by atoms with van der Waals surface area (Å²) in [6, 6.07) is 22.1. The minimum Gasteiger partial charge on any atom is -0.482 e. The van der Waals surface area contributed by atoms with Gasteiger partial charge in [0.15, 0.2) is 13.2 Å². The molecule has 0 bridgehead atoms. The van der Waals surface area contributed by atoms with Gasteiger partial charge in [-0.2, -0.15) is 0 Å². The number of carbonyl (C=O) groups excluding carboxylic acids is 2. The van der Waals surface area contributed by atoms with Gasteiger partial charge in [-0.25, -0.2) is 9.59 Å². The quantitative estimate of drug-likeness (QED) is 0.405. The second kappa shape index (κ2) is 10.1. The maximum atomic E-state index is 11.9. The summed E-state index contributed by atoms with van der Waals surface area (Å²) >= 11 is 6.11. The molecule has 0 unspecified atom stereocenters. The highest BCUT2D eigenvalue weighted by Crippen LogP contribution is 2.29. The van der Waals surface area contributed by atoms with Crippen LogP contribution in [0.5, 0.6) is 23.0 Å². The van der Waals surface area contributed by atoms with Crippen LogP contribution in [0.3, 0.4) is 0 Å². The highest BCUT2D eigenvalue weighted by Gasteiger charge is 2.12. The van der Waals surface area contributed by atoms with Gasteiger partial charge in [0.05, 0.1) is 5.02 Å². The Kier molecular flexibility index (Phi) is 7.08. The van der Waals surface area contributed by atoms with Crippen LogP contribution in [0.1, 0.15) is 0 Å². The van der Waals surface area contributed by atoms with Gasteiger partial charge in [0, 0.05) is 6.07 Å². The van der Waals surface area contributed by atoms with Gasteiger partial charge in [-0.3, -0.25) is 0 Å². The van der Waals surface area contributed by atoms with E-state index in [1.165, 1.54) is 18.2 Å². The third kappa shape index (κ3) is 6.55. The highest BCUT2D eigenvalue weighted by atomic mass is 35.5. The van der Waals surface area contributed by atoms with Crippen molar-refractivity contribution in [2.45, 2.75) is 0 Å². The average Bonchev–Trinajstić information content (AvgIpc) is 2.74. The molecule has 0 saturated carbocycles. The minimum absolute atomic E-state index is 0.118. The molecule has 6 nitrogen and oxygen atoms in total. The van der Waals surface area contributed by atoms with E-state index in [1.807, 2.05) is 12.1 Å². The van der Waals surface area contributed by atoms with Crippen LogP contribution < -0.4 is 18.9 Å². The van der Waals surface area contributed by atoms with Crippen LogP contribution in [0.2, 0.25) is 5.02 Å². The van der Waals surface area contributed by atoms with Gasteiger partial charge in [-0.05, 0) is 36.4 Å². The topological polar surface area (TPSA) is 71.1 Å². The smallest absolute Gasteiger partial charge is 0.349 e. The van der Waals surface area contributed by atoms with Crippen molar-refractivity contribution < 1.29 is 28.5 Å². The lowest BCUT2D eigenvalue weighted by Crippen LogP contribution is -2.18. The number of hydrogen-bond acceptors (Lipinski definition) is 6. The second-order valence-electron chi connectivity index (χ2n) is 5.74. The molecule has 29 heavy (non-hydrogen) atoms. The summed E-state index contributed by atoms with van der Waals surface area (Å²) < 4.78 is 21.0. The standard InChI is InChI=1S/C22H17ClO6/c23-19-13-18(28-21(24)14-26-16-7-3-1-4-8-16)11-12-20(19)29-22(25)15-27-17-9-5-2-6-10-17/h1-13H,14-15H2. The molecule has 0 spiro atoms. The molecule has 0 atom stereocenters. The lowest BCUT2D eigenvalue weighted by Gasteiger charge is -2.10. The molecule has 0 amide bonds. The SMILES string of the molecule is O=C(COc1ccccc1)Oc1ccc(OC(=O)COc2ccccc2)c(Cl)c1. The van der Waals surface area contributed by atoms with Crippen LogP contribution >= 0.6 is 11.6 Å². The van der Waals surface area contributed by atoms with Crippen LogP contribution in [0.4, 0.5) is 0 Å². The summed E-state index contributed by atoms with van der Waals surface area (Å²) in [4.78, 5) is 23.8. The maximum absolute atomic E-state index is 11.9. The van der Waals surface area contributed by atoms with Gasteiger partial charge >= 0.3 is 11.9 Å². The van der Waals surface area contributed by atoms with Gasteiger partial charge in [0.25, 0.3) is 0 Å². The number of para-hydroxylation sites is 2. The van der Waals surface area contributed by atoms with Crippen molar-refractivity contribution in [3.8, 4) is 23.0 Å². The van der Waals surface area contributed by atoms with Crippen molar-refractivity contribution in [3.63, 3.8) is 0 Å². The van der Waals surface area contributed by atoms with Gasteiger partial charge < -0.3 is 18.9 Å². The molecule has 0 saturated heterocycles. The molecule has 3 rings (SSSR count). The lowest BCUT2D eigenvalue weighted by atomic mass is 10.3. The first-order chi connectivity index (χ1) is 14.1. The van der Waals surface area contributed by atoms with Crippen LogP contribution in [0.15, 0.2) is 78.9 Å². The van der Waals surface area contributed by atoms with Gasteiger partial charge in [0.2, 0.25) is 0 Å². The fourth-order valence-electron chi connectivity index (χ4n) is 2.26. The van der Waals surface area contributed by atoms with E-state index in [1.54, 1.807) is 48.5 Å². The molecular weight excluding hydrogens is 396 g/mol. The maximum Gasteiger partial charge on any atom is 0.349 e. The molecule has 0 radical (unpaired) electrons. The van der Waals surface area contributed by atoms with Gasteiger partial charge in [-0.1, -0.05) is 48.0 Å². The summed E-state index contributed by atoms with van der Waals surface area (Å²) in [5, 5.41) is 0.118. The van der Waals surface area contributed by atoms with E-state index in [4.69, 9.17) is 30.5 Å². The normalized spacial score (nSPS) is 10.1. The van der Waals surface area contributed by atoms with E-state index in [9.17, 15) is 9.59 Å². The van der Waals surface area contributed by atoms with E-state index < -0.39 is 11.9 Å². The van der Waals surface area contributed by atoms with Crippen LogP contribution in [0, 0.1) is 0 Å². The lowest BCUT2D eigenvalue weighted by molar-refractivity contribution is -0.137. The Bertz CT molecular complexity index is 960. The molecule has 148 valence electrons. The Hall–Kier alpha value is -3.51. The largest absolute Gasteiger partial charge is 0.482 e. The summed E-state index contributed by atoms with van der Waals surface area (Å²) in [7, 11) is 0. The first-order valence-electron chi connectivity index (χ1n) is 8.67. The third-order valence-electron chi connectivity index (χ3n) is 3.56. The number of carbonyl (C=O) groups is 2. The van der Waals surface area contributed by atoms with E-state index in [0.29, 0.717) is 11.5 Å². The molecular formula is C22H17ClO6. The zero-order valence-electron chi connectivity index (χ0n) is 15.2. The molecule has 3 aromatic carbocycles. The molecule has 0 aliphatic heterocycles. The Labute approximate surface area is 172 Å². The fourth-order valence-corrected chi connectivity index (χ4v) is 2.47. The number of ether oxygens (including phenoxy) is 4. The molecule has 0 aliphatic rings. The summed E-state index contributed by atoms with van der Waals surface area (Å²) in [5.41, 5.74) is 0. The highest BCUT2D eigenvalue weighted by molar-refractivity contribution is 6.32. The average molecular weight is 413 g/mol. The molecule has 7 heteroatoms. The van der Waals surface area contributed by atoms with E-state index >= 15 is 0 Å². The van der Waals surface area contributed by atoms with Crippen molar-refractivity contribution >= 4 is 23.5 Å². The number of hydrogen-bond donors (Lipinski definition) is 0. The van der Waals surface area contributed by atoms with Crippen molar-refractivity contribution in [2.24, 2.45) is 0 Å². The Morgan fingerprint density at radius 3 is 1.69 bits per heavy atom. The predicted octanol–water partition coefficient (Wildman–Crippen LogP) is 4.31. The molecule has 0 aliphatic carbocycles. The van der Waals surface area contributed by atoms with Gasteiger partial charge in [0.1, 0.15) is 23.0 Å². The first-order valence-corrected chi connectivity index (χ1v) is 9.04. The van der Waals surface area contributed by atoms with Crippen LogP contribution in [-0.2, 0) is 9.59 Å². The molecule has 0 aromatic heterocycles. The molecule has 3 aromatic rings. The Morgan fingerprint density at radius 1 is 0.655 bits per heavy atom. The first kappa shape index (κ1) is 20.2. The summed E-state index contributed by atoms with van der Waals surface area (Å²) in [6.07, 6.45) is 0. The van der Waals surface area contributed by atoms with E-state index in [0.717, 1.165) is 0 Å². The predicted molar refractivity (Wildman–Crippen MR) is 107 cm³/mol. The second-order valence-corrected chi connectivity index (χ2v) is 6.15. The van der Waals surface area contributed by atoms with Gasteiger partial charge in [-0.15, -0.1) is 0 Å². The third-order valence-corrected chi connectivity index (χ3v) is 3.85. The van der Waals surface area contributed by atoms with Crippen LogP contribution in [0.25, 0.3) is 0 Å².